The summed E-state index contributed by atoms with van der Waals surface area (Å²) in [7, 11) is 0. The number of nitrogens with one attached hydrogen (secondary N) is 1. The molecule has 1 aliphatic rings. The number of rotatable bonds is 4. The summed E-state index contributed by atoms with van der Waals surface area (Å²) in [4.78, 5) is 19.5. The maximum absolute atomic E-state index is 12.7. The van der Waals surface area contributed by atoms with Gasteiger partial charge in [0.2, 0.25) is 0 Å². The van der Waals surface area contributed by atoms with Crippen molar-refractivity contribution in [2.24, 2.45) is 0 Å². The number of benzene rings is 2. The number of aliphatic hydroxyl groups is 1. The van der Waals surface area contributed by atoms with Crippen molar-refractivity contribution in [1.82, 2.24) is 4.98 Å². The predicted molar refractivity (Wildman–Crippen MR) is 111 cm³/mol. The molecule has 0 aliphatic carbocycles. The molecule has 1 aliphatic heterocycles. The Balaban J connectivity index is 1.52. The minimum absolute atomic E-state index is 0.0659. The van der Waals surface area contributed by atoms with Crippen molar-refractivity contribution >= 4 is 38.8 Å². The molecular formula is C21H23N3O2S. The Hall–Kier alpha value is -2.44. The van der Waals surface area contributed by atoms with Gasteiger partial charge in [-0.25, -0.2) is 4.98 Å². The van der Waals surface area contributed by atoms with Gasteiger partial charge in [-0.1, -0.05) is 0 Å². The van der Waals surface area contributed by atoms with Gasteiger partial charge in [-0.05, 0) is 68.1 Å². The lowest BCUT2D eigenvalue weighted by Crippen LogP contribution is -2.29. The molecule has 2 heterocycles. The third kappa shape index (κ3) is 3.82. The van der Waals surface area contributed by atoms with Gasteiger partial charge in [0.1, 0.15) is 5.01 Å². The number of anilines is 2. The molecule has 0 atom stereocenters. The van der Waals surface area contributed by atoms with Crippen molar-refractivity contribution in [1.29, 1.82) is 0 Å². The molecule has 0 spiro atoms. The van der Waals surface area contributed by atoms with E-state index in [9.17, 15) is 9.90 Å². The molecule has 1 fully saturated rings. The standard InChI is InChI=1S/C21H23N3O2S/c1-14-11-16(24-9-3-2-4-10-24)6-7-17(14)21(26)22-15-5-8-19-18(12-15)23-20(13-25)27-19/h5-8,11-12,25H,2-4,9-10,13H2,1H3,(H,22,26). The predicted octanol–water partition coefficient (Wildman–Crippen LogP) is 4.34. The lowest BCUT2D eigenvalue weighted by molar-refractivity contribution is 0.102. The fourth-order valence-electron chi connectivity index (χ4n) is 3.57. The van der Waals surface area contributed by atoms with Crippen LogP contribution in [0.15, 0.2) is 36.4 Å². The van der Waals surface area contributed by atoms with Crippen molar-refractivity contribution in [2.45, 2.75) is 32.8 Å². The van der Waals surface area contributed by atoms with Crippen LogP contribution < -0.4 is 10.2 Å². The molecule has 2 N–H and O–H groups in total. The largest absolute Gasteiger partial charge is 0.389 e. The number of piperidine rings is 1. The molecule has 1 aromatic heterocycles. The third-order valence-electron chi connectivity index (χ3n) is 5.00. The van der Waals surface area contributed by atoms with E-state index in [1.54, 1.807) is 0 Å². The first-order valence-electron chi connectivity index (χ1n) is 9.31. The Morgan fingerprint density at radius 1 is 1.19 bits per heavy atom. The molecule has 3 aromatic rings. The van der Waals surface area contributed by atoms with E-state index in [1.807, 2.05) is 37.3 Å². The van der Waals surface area contributed by atoms with Crippen LogP contribution in [0.4, 0.5) is 11.4 Å². The van der Waals surface area contributed by atoms with Gasteiger partial charge in [0.15, 0.2) is 0 Å². The Morgan fingerprint density at radius 2 is 2.00 bits per heavy atom. The Morgan fingerprint density at radius 3 is 2.74 bits per heavy atom. The molecule has 4 rings (SSSR count). The number of amides is 1. The van der Waals surface area contributed by atoms with Gasteiger partial charge in [0, 0.05) is 30.0 Å². The number of fused-ring (bicyclic) bond motifs is 1. The van der Waals surface area contributed by atoms with Gasteiger partial charge in [-0.3, -0.25) is 4.79 Å². The smallest absolute Gasteiger partial charge is 0.255 e. The molecular weight excluding hydrogens is 358 g/mol. The highest BCUT2D eigenvalue weighted by Gasteiger charge is 2.15. The second-order valence-corrected chi connectivity index (χ2v) is 8.06. The molecule has 0 saturated carbocycles. The Kier molecular flexibility index (Phi) is 5.09. The zero-order valence-corrected chi connectivity index (χ0v) is 16.2. The number of aryl methyl sites for hydroxylation is 1. The highest BCUT2D eigenvalue weighted by Crippen LogP contribution is 2.26. The Bertz CT molecular complexity index is 977. The molecule has 5 nitrogen and oxygen atoms in total. The van der Waals surface area contributed by atoms with Gasteiger partial charge in [-0.2, -0.15) is 0 Å². The fourth-order valence-corrected chi connectivity index (χ4v) is 4.38. The van der Waals surface area contributed by atoms with Crippen LogP contribution in [0, 0.1) is 6.92 Å². The number of aliphatic hydroxyl groups excluding tert-OH is 1. The zero-order chi connectivity index (χ0) is 18.8. The van der Waals surface area contributed by atoms with E-state index in [-0.39, 0.29) is 12.5 Å². The maximum Gasteiger partial charge on any atom is 0.255 e. The van der Waals surface area contributed by atoms with Crippen molar-refractivity contribution in [3.8, 4) is 0 Å². The Labute approximate surface area is 162 Å². The van der Waals surface area contributed by atoms with Crippen LogP contribution in [0.25, 0.3) is 10.2 Å². The first kappa shape index (κ1) is 17.9. The minimum Gasteiger partial charge on any atom is -0.389 e. The van der Waals surface area contributed by atoms with Gasteiger partial charge in [0.05, 0.1) is 16.8 Å². The van der Waals surface area contributed by atoms with Crippen LogP contribution in [0.2, 0.25) is 0 Å². The molecule has 0 unspecified atom stereocenters. The summed E-state index contributed by atoms with van der Waals surface area (Å²) in [5, 5.41) is 12.9. The van der Waals surface area contributed by atoms with E-state index >= 15 is 0 Å². The fraction of sp³-hybridized carbons (Fsp3) is 0.333. The molecule has 1 saturated heterocycles. The lowest BCUT2D eigenvalue weighted by atomic mass is 10.0. The summed E-state index contributed by atoms with van der Waals surface area (Å²) < 4.78 is 0.999. The first-order valence-corrected chi connectivity index (χ1v) is 10.1. The molecule has 6 heteroatoms. The lowest BCUT2D eigenvalue weighted by Gasteiger charge is -2.29. The summed E-state index contributed by atoms with van der Waals surface area (Å²) in [5.41, 5.74) is 4.36. The summed E-state index contributed by atoms with van der Waals surface area (Å²) in [6.07, 6.45) is 3.77. The molecule has 0 radical (unpaired) electrons. The third-order valence-corrected chi connectivity index (χ3v) is 6.02. The topological polar surface area (TPSA) is 65.5 Å². The van der Waals surface area contributed by atoms with E-state index in [2.05, 4.69) is 21.3 Å². The molecule has 2 aromatic carbocycles. The summed E-state index contributed by atoms with van der Waals surface area (Å²) in [6.45, 7) is 4.10. The van der Waals surface area contributed by atoms with Gasteiger partial charge < -0.3 is 15.3 Å². The van der Waals surface area contributed by atoms with Crippen molar-refractivity contribution < 1.29 is 9.90 Å². The second-order valence-electron chi connectivity index (χ2n) is 6.95. The molecule has 1 amide bonds. The first-order chi connectivity index (χ1) is 13.1. The maximum atomic E-state index is 12.7. The number of hydrogen-bond donors (Lipinski definition) is 2. The molecule has 140 valence electrons. The number of carbonyl (C=O) groups is 1. The molecule has 0 bridgehead atoms. The number of carbonyl (C=O) groups excluding carboxylic acids is 1. The summed E-state index contributed by atoms with van der Waals surface area (Å²) >= 11 is 1.46. The highest BCUT2D eigenvalue weighted by atomic mass is 32.1. The van der Waals surface area contributed by atoms with Gasteiger partial charge >= 0.3 is 0 Å². The van der Waals surface area contributed by atoms with Gasteiger partial charge in [-0.15, -0.1) is 11.3 Å². The van der Waals surface area contributed by atoms with Crippen molar-refractivity contribution in [3.63, 3.8) is 0 Å². The van der Waals surface area contributed by atoms with E-state index in [0.29, 0.717) is 16.3 Å². The molecule has 27 heavy (non-hydrogen) atoms. The number of aromatic nitrogens is 1. The summed E-state index contributed by atoms with van der Waals surface area (Å²) in [5.74, 6) is -0.116. The number of thiazole rings is 1. The van der Waals surface area contributed by atoms with Crippen molar-refractivity contribution in [2.75, 3.05) is 23.3 Å². The normalized spacial score (nSPS) is 14.5. The van der Waals surface area contributed by atoms with Crippen molar-refractivity contribution in [3.05, 3.63) is 52.5 Å². The van der Waals surface area contributed by atoms with E-state index in [4.69, 9.17) is 0 Å². The second kappa shape index (κ2) is 7.66. The average Bonchev–Trinajstić information content (AvgIpc) is 3.11. The number of hydrogen-bond acceptors (Lipinski definition) is 5. The van der Waals surface area contributed by atoms with Crippen LogP contribution in [-0.2, 0) is 6.61 Å². The van der Waals surface area contributed by atoms with E-state index in [0.717, 1.165) is 28.9 Å². The quantitative estimate of drug-likeness (QED) is 0.706. The zero-order valence-electron chi connectivity index (χ0n) is 15.4. The van der Waals surface area contributed by atoms with Crippen LogP contribution in [-0.4, -0.2) is 29.1 Å². The minimum atomic E-state index is -0.116. The van der Waals surface area contributed by atoms with Crippen LogP contribution >= 0.6 is 11.3 Å². The van der Waals surface area contributed by atoms with Crippen LogP contribution in [0.1, 0.15) is 40.2 Å². The highest BCUT2D eigenvalue weighted by molar-refractivity contribution is 7.18. The van der Waals surface area contributed by atoms with E-state index < -0.39 is 0 Å². The van der Waals surface area contributed by atoms with Crippen LogP contribution in [0.5, 0.6) is 0 Å². The number of nitrogens with zero attached hydrogens (tertiary/aromatic N) is 2. The summed E-state index contributed by atoms with van der Waals surface area (Å²) in [6, 6.07) is 11.7. The van der Waals surface area contributed by atoms with Crippen LogP contribution in [0.3, 0.4) is 0 Å². The SMILES string of the molecule is Cc1cc(N2CCCCC2)ccc1C(=O)Nc1ccc2sc(CO)nc2c1. The van der Waals surface area contributed by atoms with Gasteiger partial charge in [0.25, 0.3) is 5.91 Å². The monoisotopic (exact) mass is 381 g/mol. The average molecular weight is 382 g/mol. The van der Waals surface area contributed by atoms with E-state index in [1.165, 1.54) is 36.3 Å².